The van der Waals surface area contributed by atoms with E-state index in [2.05, 4.69) is 4.98 Å². The van der Waals surface area contributed by atoms with Crippen LogP contribution in [0.1, 0.15) is 10.6 Å². The Labute approximate surface area is 68.9 Å². The molecule has 0 aliphatic rings. The highest BCUT2D eigenvalue weighted by atomic mass is 79.9. The van der Waals surface area contributed by atoms with Gasteiger partial charge in [-0.3, -0.25) is 0 Å². The number of nitrogen functional groups attached to an aromatic ring is 1. The van der Waals surface area contributed by atoms with Gasteiger partial charge in [-0.05, 0) is 13.8 Å². The lowest BCUT2D eigenvalue weighted by Crippen LogP contribution is -1.80. The van der Waals surface area contributed by atoms with Crippen LogP contribution in [0.2, 0.25) is 0 Å². The zero-order chi connectivity index (χ0) is 6.15. The van der Waals surface area contributed by atoms with Gasteiger partial charge in [-0.15, -0.1) is 28.3 Å². The van der Waals surface area contributed by atoms with Crippen LogP contribution in [0.15, 0.2) is 0 Å². The van der Waals surface area contributed by atoms with Crippen molar-refractivity contribution in [1.29, 1.82) is 0 Å². The second-order valence-corrected chi connectivity index (χ2v) is 2.93. The van der Waals surface area contributed by atoms with Crippen LogP contribution >= 0.6 is 28.3 Å². The molecule has 1 aromatic rings. The maximum atomic E-state index is 5.39. The van der Waals surface area contributed by atoms with E-state index in [1.165, 1.54) is 16.2 Å². The largest absolute Gasteiger partial charge is 0.375 e. The van der Waals surface area contributed by atoms with E-state index in [-0.39, 0.29) is 17.0 Å². The Balaban J connectivity index is 0.000000640. The summed E-state index contributed by atoms with van der Waals surface area (Å²) in [6.45, 7) is 3.98. The Hall–Kier alpha value is -0.0900. The Bertz CT molecular complexity index is 177. The predicted molar refractivity (Wildman–Crippen MR) is 46.3 cm³/mol. The minimum atomic E-state index is 0. The molecular weight excluding hydrogens is 200 g/mol. The molecule has 0 bridgehead atoms. The zero-order valence-corrected chi connectivity index (χ0v) is 7.87. The Morgan fingerprint density at radius 2 is 2.00 bits per heavy atom. The summed E-state index contributed by atoms with van der Waals surface area (Å²) in [7, 11) is 0. The van der Waals surface area contributed by atoms with Gasteiger partial charge in [-0.1, -0.05) is 0 Å². The SMILES string of the molecule is Br.Cc1nc(N)sc1C. The normalized spacial score (nSPS) is 8.67. The number of hydrogen-bond donors (Lipinski definition) is 1. The summed E-state index contributed by atoms with van der Waals surface area (Å²) in [4.78, 5) is 5.22. The number of halogens is 1. The zero-order valence-electron chi connectivity index (χ0n) is 5.34. The van der Waals surface area contributed by atoms with Crippen molar-refractivity contribution in [2.24, 2.45) is 0 Å². The molecule has 0 amide bonds. The van der Waals surface area contributed by atoms with Crippen molar-refractivity contribution in [3.8, 4) is 0 Å². The smallest absolute Gasteiger partial charge is 0.180 e. The van der Waals surface area contributed by atoms with Crippen molar-refractivity contribution in [2.75, 3.05) is 5.73 Å². The third-order valence-electron chi connectivity index (χ3n) is 1.05. The monoisotopic (exact) mass is 208 g/mol. The number of hydrogen-bond acceptors (Lipinski definition) is 3. The van der Waals surface area contributed by atoms with Crippen molar-refractivity contribution >= 4 is 33.4 Å². The number of thiazole rings is 1. The Morgan fingerprint density at radius 1 is 1.44 bits per heavy atom. The van der Waals surface area contributed by atoms with Crippen molar-refractivity contribution in [2.45, 2.75) is 13.8 Å². The third-order valence-corrected chi connectivity index (χ3v) is 1.95. The number of nitrogens with zero attached hydrogens (tertiary/aromatic N) is 1. The van der Waals surface area contributed by atoms with Crippen LogP contribution in [0, 0.1) is 13.8 Å². The number of anilines is 1. The molecule has 0 saturated heterocycles. The lowest BCUT2D eigenvalue weighted by molar-refractivity contribution is 1.24. The number of aromatic nitrogens is 1. The average molecular weight is 209 g/mol. The maximum Gasteiger partial charge on any atom is 0.180 e. The van der Waals surface area contributed by atoms with Crippen molar-refractivity contribution in [1.82, 2.24) is 4.98 Å². The molecule has 0 aliphatic heterocycles. The van der Waals surface area contributed by atoms with Crippen LogP contribution < -0.4 is 5.73 Å². The summed E-state index contributed by atoms with van der Waals surface area (Å²) in [6, 6.07) is 0. The Morgan fingerprint density at radius 3 is 2.11 bits per heavy atom. The van der Waals surface area contributed by atoms with Gasteiger partial charge in [0.1, 0.15) is 0 Å². The molecule has 1 heterocycles. The van der Waals surface area contributed by atoms with Crippen LogP contribution in [0.3, 0.4) is 0 Å². The van der Waals surface area contributed by atoms with E-state index < -0.39 is 0 Å². The summed E-state index contributed by atoms with van der Waals surface area (Å²) in [5, 5.41) is 0.667. The molecule has 0 spiro atoms. The van der Waals surface area contributed by atoms with Gasteiger partial charge in [0.15, 0.2) is 5.13 Å². The van der Waals surface area contributed by atoms with Gasteiger partial charge in [0.05, 0.1) is 5.69 Å². The van der Waals surface area contributed by atoms with Gasteiger partial charge in [0, 0.05) is 4.88 Å². The number of nitrogens with two attached hydrogens (primary N) is 1. The molecule has 0 saturated carbocycles. The molecule has 1 rings (SSSR count). The summed E-state index contributed by atoms with van der Waals surface area (Å²) in [5.74, 6) is 0. The van der Waals surface area contributed by atoms with E-state index >= 15 is 0 Å². The van der Waals surface area contributed by atoms with Gasteiger partial charge in [0.25, 0.3) is 0 Å². The summed E-state index contributed by atoms with van der Waals surface area (Å²) in [6.07, 6.45) is 0. The standard InChI is InChI=1S/C5H8N2S.BrH/c1-3-4(2)8-5(6)7-3;/h1-2H3,(H2,6,7);1H. The molecule has 9 heavy (non-hydrogen) atoms. The van der Waals surface area contributed by atoms with E-state index in [1.807, 2.05) is 13.8 Å². The molecule has 0 unspecified atom stereocenters. The number of aryl methyl sites for hydroxylation is 2. The van der Waals surface area contributed by atoms with E-state index in [1.54, 1.807) is 0 Å². The highest BCUT2D eigenvalue weighted by molar-refractivity contribution is 8.93. The first-order valence-corrected chi connectivity index (χ1v) is 3.21. The van der Waals surface area contributed by atoms with Crippen molar-refractivity contribution in [3.63, 3.8) is 0 Å². The van der Waals surface area contributed by atoms with Crippen LogP contribution in [0.25, 0.3) is 0 Å². The fourth-order valence-electron chi connectivity index (χ4n) is 0.498. The van der Waals surface area contributed by atoms with Crippen molar-refractivity contribution in [3.05, 3.63) is 10.6 Å². The van der Waals surface area contributed by atoms with Crippen LogP contribution in [-0.2, 0) is 0 Å². The summed E-state index contributed by atoms with van der Waals surface area (Å²) in [5.41, 5.74) is 6.44. The van der Waals surface area contributed by atoms with Gasteiger partial charge in [-0.25, -0.2) is 4.98 Å². The van der Waals surface area contributed by atoms with Crippen LogP contribution in [-0.4, -0.2) is 4.98 Å². The summed E-state index contributed by atoms with van der Waals surface area (Å²) >= 11 is 1.54. The first-order valence-electron chi connectivity index (χ1n) is 2.39. The molecule has 0 aliphatic carbocycles. The van der Waals surface area contributed by atoms with Crippen molar-refractivity contribution < 1.29 is 0 Å². The minimum absolute atomic E-state index is 0. The predicted octanol–water partition coefficient (Wildman–Crippen LogP) is 1.92. The van der Waals surface area contributed by atoms with Gasteiger partial charge < -0.3 is 5.73 Å². The maximum absolute atomic E-state index is 5.39. The topological polar surface area (TPSA) is 38.9 Å². The fraction of sp³-hybridized carbons (Fsp3) is 0.400. The average Bonchev–Trinajstić information content (AvgIpc) is 1.85. The molecule has 4 heteroatoms. The lowest BCUT2D eigenvalue weighted by Gasteiger charge is -1.77. The van der Waals surface area contributed by atoms with Crippen LogP contribution in [0.5, 0.6) is 0 Å². The second-order valence-electron chi connectivity index (χ2n) is 1.69. The lowest BCUT2D eigenvalue weighted by atomic mass is 10.4. The molecule has 0 fully saturated rings. The highest BCUT2D eigenvalue weighted by Crippen LogP contribution is 2.16. The van der Waals surface area contributed by atoms with E-state index in [0.29, 0.717) is 5.13 Å². The molecule has 1 aromatic heterocycles. The molecular formula is C5H9BrN2S. The first-order chi connectivity index (χ1) is 3.70. The van der Waals surface area contributed by atoms with E-state index in [9.17, 15) is 0 Å². The molecule has 0 aromatic carbocycles. The van der Waals surface area contributed by atoms with Gasteiger partial charge in [-0.2, -0.15) is 0 Å². The van der Waals surface area contributed by atoms with Gasteiger partial charge >= 0.3 is 0 Å². The van der Waals surface area contributed by atoms with E-state index in [4.69, 9.17) is 5.73 Å². The molecule has 52 valence electrons. The molecule has 2 nitrogen and oxygen atoms in total. The highest BCUT2D eigenvalue weighted by Gasteiger charge is 1.96. The van der Waals surface area contributed by atoms with Crippen LogP contribution in [0.4, 0.5) is 5.13 Å². The Kier molecular flexibility index (Phi) is 3.14. The quantitative estimate of drug-likeness (QED) is 0.708. The van der Waals surface area contributed by atoms with Gasteiger partial charge in [0.2, 0.25) is 0 Å². The number of rotatable bonds is 0. The second kappa shape index (κ2) is 3.17. The summed E-state index contributed by atoms with van der Waals surface area (Å²) < 4.78 is 0. The molecule has 0 radical (unpaired) electrons. The molecule has 2 N–H and O–H groups in total. The third kappa shape index (κ3) is 1.95. The first kappa shape index (κ1) is 8.91. The van der Waals surface area contributed by atoms with E-state index in [0.717, 1.165) is 5.69 Å². The fourth-order valence-corrected chi connectivity index (χ4v) is 1.19. The minimum Gasteiger partial charge on any atom is -0.375 e. The molecule has 0 atom stereocenters.